The molecule has 1 heterocycles. The summed E-state index contributed by atoms with van der Waals surface area (Å²) in [6.45, 7) is 0. The fourth-order valence-corrected chi connectivity index (χ4v) is 4.11. The van der Waals surface area contributed by atoms with Gasteiger partial charge in [0.05, 0.1) is 0 Å². The van der Waals surface area contributed by atoms with Gasteiger partial charge in [-0.15, -0.1) is 0 Å². The first kappa shape index (κ1) is 3.88. The standard InChI is InChI=1S/C2H3NSe2/c1-3-2-5-4-1/h1H,2H2. The molecule has 0 aromatic rings. The van der Waals surface area contributed by atoms with E-state index in [4.69, 9.17) is 0 Å². The Hall–Kier alpha value is 0.709. The van der Waals surface area contributed by atoms with Gasteiger partial charge >= 0.3 is 41.8 Å². The van der Waals surface area contributed by atoms with Crippen molar-refractivity contribution in [1.82, 2.24) is 0 Å². The van der Waals surface area contributed by atoms with Crippen LogP contribution in [0.4, 0.5) is 0 Å². The van der Waals surface area contributed by atoms with Crippen LogP contribution in [0.2, 0.25) is 0 Å². The molecule has 0 atom stereocenters. The van der Waals surface area contributed by atoms with E-state index >= 15 is 0 Å². The van der Waals surface area contributed by atoms with Gasteiger partial charge in [-0.25, -0.2) is 0 Å². The van der Waals surface area contributed by atoms with Crippen LogP contribution in [0.1, 0.15) is 0 Å². The fourth-order valence-electron chi connectivity index (χ4n) is 0.152. The first-order chi connectivity index (χ1) is 2.50. The molecule has 0 aromatic carbocycles. The molecule has 1 nitrogen and oxygen atoms in total. The van der Waals surface area contributed by atoms with Crippen molar-refractivity contribution in [1.29, 1.82) is 0 Å². The van der Waals surface area contributed by atoms with Crippen LogP contribution in [-0.4, -0.2) is 36.8 Å². The molecule has 0 saturated carbocycles. The summed E-state index contributed by atoms with van der Waals surface area (Å²) in [6, 6.07) is 0. The molecular formula is C2H3NSe2. The fraction of sp³-hybridized carbons (Fsp3) is 0.500. The topological polar surface area (TPSA) is 12.4 Å². The molecule has 5 heavy (non-hydrogen) atoms. The second kappa shape index (κ2) is 1.99. The summed E-state index contributed by atoms with van der Waals surface area (Å²) in [7, 11) is 0. The number of aliphatic imine (C=N–C) groups is 1. The van der Waals surface area contributed by atoms with Crippen molar-refractivity contribution in [3.63, 3.8) is 0 Å². The van der Waals surface area contributed by atoms with Crippen LogP contribution in [0.3, 0.4) is 0 Å². The molecule has 0 aromatic heterocycles. The van der Waals surface area contributed by atoms with Gasteiger partial charge in [0.1, 0.15) is 0 Å². The molecule has 0 amide bonds. The van der Waals surface area contributed by atoms with E-state index in [9.17, 15) is 0 Å². The third-order valence-electron chi connectivity index (χ3n) is 0.313. The van der Waals surface area contributed by atoms with Gasteiger partial charge in [-0.2, -0.15) is 0 Å². The van der Waals surface area contributed by atoms with Gasteiger partial charge in [0.15, 0.2) is 0 Å². The number of rotatable bonds is 0. The third kappa shape index (κ3) is 1.06. The van der Waals surface area contributed by atoms with Crippen LogP contribution in [0.15, 0.2) is 4.99 Å². The molecule has 0 bridgehead atoms. The molecule has 0 aliphatic carbocycles. The third-order valence-corrected chi connectivity index (χ3v) is 5.20. The number of hydrogen-bond acceptors (Lipinski definition) is 1. The first-order valence-electron chi connectivity index (χ1n) is 1.27. The van der Waals surface area contributed by atoms with Gasteiger partial charge in [0, 0.05) is 0 Å². The molecule has 1 aliphatic rings. The maximum absolute atomic E-state index is 4.01. The summed E-state index contributed by atoms with van der Waals surface area (Å²) in [5.74, 6) is 0. The van der Waals surface area contributed by atoms with Crippen molar-refractivity contribution in [2.75, 3.05) is 5.44 Å². The van der Waals surface area contributed by atoms with E-state index in [1.54, 1.807) is 0 Å². The molecule has 0 N–H and O–H groups in total. The van der Waals surface area contributed by atoms with Crippen LogP contribution >= 0.6 is 0 Å². The van der Waals surface area contributed by atoms with Crippen LogP contribution in [0.5, 0.6) is 0 Å². The Morgan fingerprint density at radius 3 is 3.00 bits per heavy atom. The number of nitrogens with zero attached hydrogens (tertiary/aromatic N) is 1. The normalized spacial score (nSPS) is 20.8. The zero-order valence-corrected chi connectivity index (χ0v) is 5.97. The molecular weight excluding hydrogens is 196 g/mol. The van der Waals surface area contributed by atoms with Crippen molar-refractivity contribution in [3.05, 3.63) is 0 Å². The van der Waals surface area contributed by atoms with Gasteiger partial charge in [0.2, 0.25) is 0 Å². The average Bonchev–Trinajstić information content (AvgIpc) is 1.76. The van der Waals surface area contributed by atoms with Gasteiger partial charge in [-0.05, 0) is 0 Å². The van der Waals surface area contributed by atoms with Crippen molar-refractivity contribution < 1.29 is 0 Å². The second-order valence-electron chi connectivity index (χ2n) is 0.631. The van der Waals surface area contributed by atoms with Crippen molar-refractivity contribution in [2.24, 2.45) is 4.99 Å². The van der Waals surface area contributed by atoms with Gasteiger partial charge in [-0.1, -0.05) is 0 Å². The van der Waals surface area contributed by atoms with Gasteiger partial charge in [0.25, 0.3) is 0 Å². The summed E-state index contributed by atoms with van der Waals surface area (Å²) in [6.07, 6.45) is 0. The average molecular weight is 199 g/mol. The summed E-state index contributed by atoms with van der Waals surface area (Å²) < 4.78 is 0. The molecule has 1 rings (SSSR count). The molecule has 0 spiro atoms. The molecule has 0 saturated heterocycles. The van der Waals surface area contributed by atoms with E-state index < -0.39 is 0 Å². The Balaban J connectivity index is 2.32. The monoisotopic (exact) mass is 201 g/mol. The van der Waals surface area contributed by atoms with E-state index in [0.717, 1.165) is 31.7 Å². The molecule has 0 unspecified atom stereocenters. The predicted molar refractivity (Wildman–Crippen MR) is 24.9 cm³/mol. The number of hydrogen-bond donors (Lipinski definition) is 0. The minimum atomic E-state index is 0.840. The Morgan fingerprint density at radius 1 is 1.80 bits per heavy atom. The zero-order valence-electron chi connectivity index (χ0n) is 2.55. The van der Waals surface area contributed by atoms with Crippen LogP contribution in [-0.2, 0) is 0 Å². The van der Waals surface area contributed by atoms with Crippen LogP contribution < -0.4 is 0 Å². The molecule has 28 valence electrons. The van der Waals surface area contributed by atoms with Crippen molar-refractivity contribution in [2.45, 2.75) is 0 Å². The summed E-state index contributed by atoms with van der Waals surface area (Å²) in [5, 5.41) is 2.08. The van der Waals surface area contributed by atoms with Crippen molar-refractivity contribution in [3.8, 4) is 0 Å². The zero-order chi connectivity index (χ0) is 3.54. The SMILES string of the molecule is C1=NC[Se][Se]1. The van der Waals surface area contributed by atoms with Crippen LogP contribution in [0.25, 0.3) is 0 Å². The molecule has 1 aliphatic heterocycles. The summed E-state index contributed by atoms with van der Waals surface area (Å²) >= 11 is 1.75. The first-order valence-corrected chi connectivity index (χ1v) is 7.80. The predicted octanol–water partition coefficient (Wildman–Crippen LogP) is -0.691. The summed E-state index contributed by atoms with van der Waals surface area (Å²) in [4.78, 5) is 4.01. The molecule has 0 radical (unpaired) electrons. The quantitative estimate of drug-likeness (QED) is 0.458. The Kier molecular flexibility index (Phi) is 1.54. The van der Waals surface area contributed by atoms with Crippen molar-refractivity contribution >= 4 is 31.4 Å². The van der Waals surface area contributed by atoms with E-state index in [-0.39, 0.29) is 0 Å². The second-order valence-corrected chi connectivity index (χ2v) is 7.18. The molecule has 3 heteroatoms. The van der Waals surface area contributed by atoms with E-state index in [2.05, 4.69) is 10.1 Å². The minimum absolute atomic E-state index is 0.840. The van der Waals surface area contributed by atoms with E-state index in [1.807, 2.05) is 0 Å². The summed E-state index contributed by atoms with van der Waals surface area (Å²) in [5.41, 5.74) is 1.16. The van der Waals surface area contributed by atoms with E-state index in [1.165, 1.54) is 0 Å². The van der Waals surface area contributed by atoms with E-state index in [0.29, 0.717) is 0 Å². The maximum atomic E-state index is 4.01. The Morgan fingerprint density at radius 2 is 2.80 bits per heavy atom. The Bertz CT molecular complexity index is 45.6. The Labute approximate surface area is 42.1 Å². The van der Waals surface area contributed by atoms with Crippen LogP contribution in [0, 0.1) is 0 Å². The van der Waals surface area contributed by atoms with Gasteiger partial charge < -0.3 is 0 Å². The molecule has 0 fully saturated rings. The van der Waals surface area contributed by atoms with Gasteiger partial charge in [-0.3, -0.25) is 0 Å².